The van der Waals surface area contributed by atoms with Crippen LogP contribution in [0.4, 0.5) is 0 Å². The van der Waals surface area contributed by atoms with Gasteiger partial charge in [0.05, 0.1) is 13.2 Å². The predicted molar refractivity (Wildman–Crippen MR) is 81.9 cm³/mol. The van der Waals surface area contributed by atoms with Gasteiger partial charge in [-0.2, -0.15) is 0 Å². The predicted octanol–water partition coefficient (Wildman–Crippen LogP) is 2.48. The lowest BCUT2D eigenvalue weighted by Gasteiger charge is -2.55. The maximum atomic E-state index is 5.81. The number of nitrogens with one attached hydrogen (secondary N) is 1. The van der Waals surface area contributed by atoms with Crippen molar-refractivity contribution in [1.29, 1.82) is 0 Å². The third kappa shape index (κ3) is 2.74. The number of fused-ring (bicyclic) bond motifs is 1. The highest BCUT2D eigenvalue weighted by Crippen LogP contribution is 2.51. The molecule has 1 aromatic rings. The highest BCUT2D eigenvalue weighted by Gasteiger charge is 2.58. The van der Waals surface area contributed by atoms with Gasteiger partial charge in [0, 0.05) is 36.6 Å². The summed E-state index contributed by atoms with van der Waals surface area (Å²) < 4.78 is 16.8. The molecule has 4 heteroatoms. The van der Waals surface area contributed by atoms with Gasteiger partial charge in [0.2, 0.25) is 0 Å². The van der Waals surface area contributed by atoms with Crippen molar-refractivity contribution in [2.45, 2.75) is 32.4 Å². The molecule has 1 saturated heterocycles. The summed E-state index contributed by atoms with van der Waals surface area (Å²) in [6, 6.07) is 8.27. The monoisotopic (exact) mass is 291 g/mol. The minimum Gasteiger partial charge on any atom is -0.497 e. The van der Waals surface area contributed by atoms with Crippen molar-refractivity contribution >= 4 is 0 Å². The zero-order valence-corrected chi connectivity index (χ0v) is 13.1. The van der Waals surface area contributed by atoms with Crippen LogP contribution in [0.3, 0.4) is 0 Å². The van der Waals surface area contributed by atoms with E-state index in [1.165, 1.54) is 6.42 Å². The lowest BCUT2D eigenvalue weighted by atomic mass is 9.57. The molecular weight excluding hydrogens is 266 g/mol. The van der Waals surface area contributed by atoms with Crippen LogP contribution < -0.4 is 14.8 Å². The van der Waals surface area contributed by atoms with Crippen molar-refractivity contribution in [3.63, 3.8) is 0 Å². The number of methoxy groups -OCH3 is 1. The Bertz CT molecular complexity index is 489. The molecule has 0 bridgehead atoms. The highest BCUT2D eigenvalue weighted by atomic mass is 16.5. The van der Waals surface area contributed by atoms with Crippen LogP contribution in [0.2, 0.25) is 0 Å². The molecule has 1 heterocycles. The van der Waals surface area contributed by atoms with Crippen molar-refractivity contribution < 1.29 is 14.2 Å². The van der Waals surface area contributed by atoms with Gasteiger partial charge in [0.15, 0.2) is 0 Å². The Kier molecular flexibility index (Phi) is 4.09. The number of rotatable bonds is 6. The van der Waals surface area contributed by atoms with E-state index in [9.17, 15) is 0 Å². The first-order valence-electron chi connectivity index (χ1n) is 7.75. The van der Waals surface area contributed by atoms with Gasteiger partial charge in [-0.15, -0.1) is 0 Å². The van der Waals surface area contributed by atoms with Gasteiger partial charge in [0.1, 0.15) is 18.1 Å². The third-order valence-electron chi connectivity index (χ3n) is 4.88. The van der Waals surface area contributed by atoms with Crippen LogP contribution in [0.1, 0.15) is 20.3 Å². The summed E-state index contributed by atoms with van der Waals surface area (Å²) in [6.45, 7) is 7.02. The number of hydrogen-bond acceptors (Lipinski definition) is 4. The molecule has 1 aliphatic carbocycles. The molecule has 1 saturated carbocycles. The molecule has 1 aromatic carbocycles. The van der Waals surface area contributed by atoms with Crippen molar-refractivity contribution in [3.05, 3.63) is 24.3 Å². The molecule has 116 valence electrons. The van der Waals surface area contributed by atoms with Crippen LogP contribution in [0.5, 0.6) is 11.5 Å². The summed E-state index contributed by atoms with van der Waals surface area (Å²) in [7, 11) is 1.67. The summed E-state index contributed by atoms with van der Waals surface area (Å²) in [5.74, 6) is 2.36. The Labute approximate surface area is 126 Å². The van der Waals surface area contributed by atoms with Gasteiger partial charge in [-0.25, -0.2) is 0 Å². The molecule has 0 spiro atoms. The van der Waals surface area contributed by atoms with E-state index < -0.39 is 0 Å². The highest BCUT2D eigenvalue weighted by molar-refractivity contribution is 5.32. The van der Waals surface area contributed by atoms with E-state index >= 15 is 0 Å². The molecule has 1 aliphatic heterocycles. The first-order chi connectivity index (χ1) is 10.1. The SMILES string of the molecule is COc1cccc(OCCN[C@@H]2[C@@H]3CCO[C@H]3C2(C)C)c1. The fourth-order valence-corrected chi connectivity index (χ4v) is 3.81. The summed E-state index contributed by atoms with van der Waals surface area (Å²) in [5, 5.41) is 3.64. The zero-order valence-electron chi connectivity index (χ0n) is 13.1. The molecule has 0 radical (unpaired) electrons. The van der Waals surface area contributed by atoms with E-state index in [1.807, 2.05) is 24.3 Å². The van der Waals surface area contributed by atoms with Gasteiger partial charge in [-0.05, 0) is 18.6 Å². The average Bonchev–Trinajstić information content (AvgIpc) is 2.94. The van der Waals surface area contributed by atoms with Crippen molar-refractivity contribution in [2.75, 3.05) is 26.9 Å². The Morgan fingerprint density at radius 3 is 2.95 bits per heavy atom. The van der Waals surface area contributed by atoms with Gasteiger partial charge >= 0.3 is 0 Å². The average molecular weight is 291 g/mol. The quantitative estimate of drug-likeness (QED) is 0.817. The molecule has 2 fully saturated rings. The van der Waals surface area contributed by atoms with E-state index in [-0.39, 0.29) is 5.41 Å². The Morgan fingerprint density at radius 1 is 1.33 bits per heavy atom. The molecule has 0 aromatic heterocycles. The zero-order chi connectivity index (χ0) is 14.9. The fourth-order valence-electron chi connectivity index (χ4n) is 3.81. The molecule has 4 nitrogen and oxygen atoms in total. The summed E-state index contributed by atoms with van der Waals surface area (Å²) in [6.07, 6.45) is 1.62. The van der Waals surface area contributed by atoms with Crippen LogP contribution in [0.15, 0.2) is 24.3 Å². The minimum atomic E-state index is 0.233. The Morgan fingerprint density at radius 2 is 2.14 bits per heavy atom. The van der Waals surface area contributed by atoms with Crippen LogP contribution in [0.25, 0.3) is 0 Å². The van der Waals surface area contributed by atoms with Gasteiger partial charge in [-0.3, -0.25) is 0 Å². The third-order valence-corrected chi connectivity index (χ3v) is 4.88. The van der Waals surface area contributed by atoms with Crippen LogP contribution in [-0.2, 0) is 4.74 Å². The normalized spacial score (nSPS) is 29.6. The van der Waals surface area contributed by atoms with E-state index in [0.29, 0.717) is 24.7 Å². The summed E-state index contributed by atoms with van der Waals surface area (Å²) in [5.41, 5.74) is 0.233. The van der Waals surface area contributed by atoms with Crippen LogP contribution >= 0.6 is 0 Å². The summed E-state index contributed by atoms with van der Waals surface area (Å²) in [4.78, 5) is 0. The van der Waals surface area contributed by atoms with Crippen molar-refractivity contribution in [3.8, 4) is 11.5 Å². The van der Waals surface area contributed by atoms with Crippen molar-refractivity contribution in [2.24, 2.45) is 11.3 Å². The molecule has 0 unspecified atom stereocenters. The maximum Gasteiger partial charge on any atom is 0.123 e. The van der Waals surface area contributed by atoms with E-state index in [0.717, 1.165) is 24.7 Å². The number of benzene rings is 1. The second-order valence-electron chi connectivity index (χ2n) is 6.52. The van der Waals surface area contributed by atoms with E-state index in [2.05, 4.69) is 19.2 Å². The molecule has 21 heavy (non-hydrogen) atoms. The van der Waals surface area contributed by atoms with Gasteiger partial charge < -0.3 is 19.5 Å². The summed E-state index contributed by atoms with van der Waals surface area (Å²) >= 11 is 0. The Balaban J connectivity index is 1.44. The smallest absolute Gasteiger partial charge is 0.123 e. The van der Waals surface area contributed by atoms with E-state index in [1.54, 1.807) is 7.11 Å². The second kappa shape index (κ2) is 5.85. The molecular formula is C17H25NO3. The maximum absolute atomic E-state index is 5.81. The van der Waals surface area contributed by atoms with Crippen molar-refractivity contribution in [1.82, 2.24) is 5.32 Å². The molecule has 0 amide bonds. The topological polar surface area (TPSA) is 39.7 Å². The largest absolute Gasteiger partial charge is 0.497 e. The molecule has 3 atom stereocenters. The molecule has 3 rings (SSSR count). The Hall–Kier alpha value is -1.26. The lowest BCUT2D eigenvalue weighted by molar-refractivity contribution is -0.112. The first kappa shape index (κ1) is 14.7. The lowest BCUT2D eigenvalue weighted by Crippen LogP contribution is -2.66. The number of ether oxygens (including phenoxy) is 3. The standard InChI is InChI=1S/C17H25NO3/c1-17(2)15(14-7-9-21-16(14)17)18-8-10-20-13-6-4-5-12(11-13)19-3/h4-6,11,14-16,18H,7-10H2,1-3H3/t14-,15+,16+/m0/s1. The van der Waals surface area contributed by atoms with Gasteiger partial charge in [-0.1, -0.05) is 19.9 Å². The molecule has 1 N–H and O–H groups in total. The fraction of sp³-hybridized carbons (Fsp3) is 0.647. The van der Waals surface area contributed by atoms with E-state index in [4.69, 9.17) is 14.2 Å². The first-order valence-corrected chi connectivity index (χ1v) is 7.75. The van der Waals surface area contributed by atoms with Crippen LogP contribution in [0, 0.1) is 11.3 Å². The van der Waals surface area contributed by atoms with Gasteiger partial charge in [0.25, 0.3) is 0 Å². The second-order valence-corrected chi connectivity index (χ2v) is 6.52. The minimum absolute atomic E-state index is 0.233. The molecule has 2 aliphatic rings. The van der Waals surface area contributed by atoms with Crippen LogP contribution in [-0.4, -0.2) is 39.0 Å². The number of hydrogen-bond donors (Lipinski definition) is 1.